The summed E-state index contributed by atoms with van der Waals surface area (Å²) in [6.07, 6.45) is 4.98. The zero-order valence-corrected chi connectivity index (χ0v) is 17.2. The van der Waals surface area contributed by atoms with Crippen LogP contribution >= 0.6 is 0 Å². The number of nitrogens with one attached hydrogen (secondary N) is 1. The Kier molecular flexibility index (Phi) is 5.08. The number of fused-ring (bicyclic) bond motifs is 2. The Bertz CT molecular complexity index is 1030. The molecule has 1 saturated heterocycles. The van der Waals surface area contributed by atoms with Gasteiger partial charge in [0.15, 0.2) is 0 Å². The lowest BCUT2D eigenvalue weighted by molar-refractivity contribution is 0.0932. The number of carbonyl (C=O) groups excluding carboxylic acids is 1. The number of carbonyl (C=O) groups is 1. The van der Waals surface area contributed by atoms with E-state index in [4.69, 9.17) is 0 Å². The van der Waals surface area contributed by atoms with E-state index in [0.717, 1.165) is 50.5 Å². The van der Waals surface area contributed by atoms with Gasteiger partial charge in [0, 0.05) is 57.4 Å². The quantitative estimate of drug-likeness (QED) is 0.676. The highest BCUT2D eigenvalue weighted by atomic mass is 16.2. The van der Waals surface area contributed by atoms with Crippen molar-refractivity contribution in [3.05, 3.63) is 65.5 Å². The molecule has 0 radical (unpaired) electrons. The van der Waals surface area contributed by atoms with Crippen molar-refractivity contribution in [2.45, 2.75) is 39.5 Å². The number of hydrogen-bond donors (Lipinski definition) is 1. The summed E-state index contributed by atoms with van der Waals surface area (Å²) in [5.41, 5.74) is 2.33. The predicted molar refractivity (Wildman–Crippen MR) is 111 cm³/mol. The molecule has 8 nitrogen and oxygen atoms in total. The van der Waals surface area contributed by atoms with E-state index in [-0.39, 0.29) is 5.91 Å². The van der Waals surface area contributed by atoms with Gasteiger partial charge >= 0.3 is 0 Å². The Morgan fingerprint density at radius 2 is 1.93 bits per heavy atom. The summed E-state index contributed by atoms with van der Waals surface area (Å²) in [5.74, 6) is 2.31. The second kappa shape index (κ2) is 8.02. The molecule has 1 N–H and O–H groups in total. The summed E-state index contributed by atoms with van der Waals surface area (Å²) in [4.78, 5) is 15.2. The molecule has 30 heavy (non-hydrogen) atoms. The Labute approximate surface area is 175 Å². The zero-order chi connectivity index (χ0) is 20.5. The van der Waals surface area contributed by atoms with E-state index in [2.05, 4.69) is 38.6 Å². The smallest absolute Gasteiger partial charge is 0.289 e. The van der Waals surface area contributed by atoms with Crippen LogP contribution in [0.3, 0.4) is 0 Å². The number of nitrogens with zero attached hydrogens (tertiary/aromatic N) is 6. The molecule has 2 aromatic heterocycles. The topological polar surface area (TPSA) is 80.9 Å². The molecule has 2 aliphatic heterocycles. The maximum Gasteiger partial charge on any atom is 0.289 e. The molecule has 8 heteroatoms. The highest BCUT2D eigenvalue weighted by molar-refractivity contribution is 5.90. The van der Waals surface area contributed by atoms with Gasteiger partial charge in [-0.15, -0.1) is 10.2 Å². The summed E-state index contributed by atoms with van der Waals surface area (Å²) < 4.78 is 4.00. The third-order valence-electron chi connectivity index (χ3n) is 6.26. The van der Waals surface area contributed by atoms with E-state index in [1.54, 1.807) is 0 Å². The molecule has 1 amide bonds. The first-order valence-electron chi connectivity index (χ1n) is 10.7. The molecule has 4 heterocycles. The molecule has 3 aromatic rings. The lowest BCUT2D eigenvalue weighted by Gasteiger charge is -2.25. The van der Waals surface area contributed by atoms with Crippen LogP contribution in [0.4, 0.5) is 0 Å². The van der Waals surface area contributed by atoms with Crippen molar-refractivity contribution in [2.75, 3.05) is 13.1 Å². The molecule has 1 fully saturated rings. The number of hydrogen-bond acceptors (Lipinski definition) is 5. The van der Waals surface area contributed by atoms with Gasteiger partial charge in [-0.05, 0) is 24.3 Å². The van der Waals surface area contributed by atoms with Crippen molar-refractivity contribution in [3.8, 4) is 0 Å². The molecule has 1 aromatic carbocycles. The minimum atomic E-state index is -0.155. The minimum absolute atomic E-state index is 0.155. The van der Waals surface area contributed by atoms with Crippen LogP contribution in [0.1, 0.15) is 34.5 Å². The van der Waals surface area contributed by atoms with Crippen LogP contribution in [0.25, 0.3) is 0 Å². The van der Waals surface area contributed by atoms with Gasteiger partial charge in [0.1, 0.15) is 5.82 Å². The van der Waals surface area contributed by atoms with Crippen LogP contribution in [0.15, 0.2) is 42.7 Å². The standard InChI is InChI=1S/C22H27N7O/c1-2-28-12-17(10-24-28)11-27-13-18-8-20-25-26-21(29(20)15-19(18)14-27)22(30)23-9-16-6-4-3-5-7-16/h3-7,10,12,18-19H,2,8-9,11,13-15H2,1H3,(H,23,30)/t18-,19-/m1/s1. The van der Waals surface area contributed by atoms with Crippen LogP contribution in [0.5, 0.6) is 0 Å². The number of amides is 1. The lowest BCUT2D eigenvalue weighted by atomic mass is 9.89. The van der Waals surface area contributed by atoms with Gasteiger partial charge in [-0.25, -0.2) is 0 Å². The molecule has 0 aliphatic carbocycles. The van der Waals surface area contributed by atoms with Crippen molar-refractivity contribution in [3.63, 3.8) is 0 Å². The molecule has 0 saturated carbocycles. The summed E-state index contributed by atoms with van der Waals surface area (Å²) >= 11 is 0. The van der Waals surface area contributed by atoms with E-state index in [1.165, 1.54) is 5.56 Å². The normalized spacial score (nSPS) is 20.7. The Morgan fingerprint density at radius 3 is 2.73 bits per heavy atom. The average molecular weight is 406 g/mol. The molecule has 5 rings (SSSR count). The number of aryl methyl sites for hydroxylation is 1. The van der Waals surface area contributed by atoms with Crippen LogP contribution in [-0.2, 0) is 32.6 Å². The second-order valence-electron chi connectivity index (χ2n) is 8.34. The summed E-state index contributed by atoms with van der Waals surface area (Å²) in [6.45, 7) is 7.32. The van der Waals surface area contributed by atoms with Crippen LogP contribution in [-0.4, -0.2) is 48.4 Å². The third-order valence-corrected chi connectivity index (χ3v) is 6.26. The van der Waals surface area contributed by atoms with Crippen LogP contribution in [0, 0.1) is 11.8 Å². The van der Waals surface area contributed by atoms with E-state index in [0.29, 0.717) is 24.2 Å². The monoisotopic (exact) mass is 405 g/mol. The first-order valence-corrected chi connectivity index (χ1v) is 10.7. The summed E-state index contributed by atoms with van der Waals surface area (Å²) in [5, 5.41) is 15.9. The molecule has 0 unspecified atom stereocenters. The Hall–Kier alpha value is -3.00. The zero-order valence-electron chi connectivity index (χ0n) is 17.2. The van der Waals surface area contributed by atoms with Gasteiger partial charge in [0.05, 0.1) is 6.20 Å². The summed E-state index contributed by atoms with van der Waals surface area (Å²) in [6, 6.07) is 9.92. The maximum atomic E-state index is 12.7. The van der Waals surface area contributed by atoms with E-state index in [1.807, 2.05) is 45.8 Å². The number of likely N-dealkylation sites (tertiary alicyclic amines) is 1. The molecule has 2 atom stereocenters. The fraction of sp³-hybridized carbons (Fsp3) is 0.455. The van der Waals surface area contributed by atoms with Crippen molar-refractivity contribution >= 4 is 5.91 Å². The summed E-state index contributed by atoms with van der Waals surface area (Å²) in [7, 11) is 0. The highest BCUT2D eigenvalue weighted by Gasteiger charge is 2.39. The fourth-order valence-electron chi connectivity index (χ4n) is 4.69. The molecule has 156 valence electrons. The van der Waals surface area contributed by atoms with Crippen molar-refractivity contribution < 1.29 is 4.79 Å². The van der Waals surface area contributed by atoms with Gasteiger partial charge in [-0.3, -0.25) is 14.4 Å². The van der Waals surface area contributed by atoms with Crippen molar-refractivity contribution in [1.82, 2.24) is 34.8 Å². The molecule has 0 bridgehead atoms. The SMILES string of the molecule is CCn1cc(CN2C[C@H]3Cc4nnc(C(=O)NCc5ccccc5)n4C[C@H]3C2)cn1. The molecular formula is C22H27N7O. The second-order valence-corrected chi connectivity index (χ2v) is 8.34. The Morgan fingerprint density at radius 1 is 1.10 bits per heavy atom. The van der Waals surface area contributed by atoms with Crippen molar-refractivity contribution in [2.24, 2.45) is 11.8 Å². The maximum absolute atomic E-state index is 12.7. The van der Waals surface area contributed by atoms with Gasteiger partial charge in [0.2, 0.25) is 5.82 Å². The minimum Gasteiger partial charge on any atom is -0.345 e. The number of rotatable bonds is 6. The first-order chi connectivity index (χ1) is 14.7. The largest absolute Gasteiger partial charge is 0.345 e. The highest BCUT2D eigenvalue weighted by Crippen LogP contribution is 2.33. The molecule has 2 aliphatic rings. The van der Waals surface area contributed by atoms with Gasteiger partial charge in [-0.1, -0.05) is 30.3 Å². The van der Waals surface area contributed by atoms with E-state index in [9.17, 15) is 4.79 Å². The van der Waals surface area contributed by atoms with Crippen molar-refractivity contribution in [1.29, 1.82) is 0 Å². The number of aromatic nitrogens is 5. The third kappa shape index (κ3) is 3.75. The number of benzene rings is 1. The first kappa shape index (κ1) is 19.0. The van der Waals surface area contributed by atoms with Gasteiger partial charge < -0.3 is 9.88 Å². The molecular weight excluding hydrogens is 378 g/mol. The van der Waals surface area contributed by atoms with E-state index >= 15 is 0 Å². The lowest BCUT2D eigenvalue weighted by Crippen LogP contribution is -2.32. The Balaban J connectivity index is 1.22. The fourth-order valence-corrected chi connectivity index (χ4v) is 4.69. The van der Waals surface area contributed by atoms with Gasteiger partial charge in [-0.2, -0.15) is 5.10 Å². The predicted octanol–water partition coefficient (Wildman–Crippen LogP) is 1.73. The van der Waals surface area contributed by atoms with E-state index < -0.39 is 0 Å². The van der Waals surface area contributed by atoms with Crippen LogP contribution in [0.2, 0.25) is 0 Å². The molecule has 0 spiro atoms. The van der Waals surface area contributed by atoms with Crippen LogP contribution < -0.4 is 5.32 Å². The average Bonchev–Trinajstić information content (AvgIpc) is 3.48. The van der Waals surface area contributed by atoms with Gasteiger partial charge in [0.25, 0.3) is 5.91 Å².